The van der Waals surface area contributed by atoms with Crippen LogP contribution in [-0.2, 0) is 4.74 Å². The van der Waals surface area contributed by atoms with Crippen molar-refractivity contribution in [2.45, 2.75) is 32.6 Å². The highest BCUT2D eigenvalue weighted by Gasteiger charge is 2.21. The summed E-state index contributed by atoms with van der Waals surface area (Å²) < 4.78 is 4.72. The highest BCUT2D eigenvalue weighted by molar-refractivity contribution is 5.67. The highest BCUT2D eigenvalue weighted by Crippen LogP contribution is 2.28. The molecular formula is C11H21NO3. The molecule has 0 bridgehead atoms. The number of alkyl carbamates (subject to hydrolysis) is 1. The van der Waals surface area contributed by atoms with Gasteiger partial charge in [0.2, 0.25) is 0 Å². The zero-order chi connectivity index (χ0) is 11.1. The van der Waals surface area contributed by atoms with Crippen molar-refractivity contribution in [2.24, 2.45) is 11.8 Å². The van der Waals surface area contributed by atoms with E-state index in [1.165, 1.54) is 25.7 Å². The van der Waals surface area contributed by atoms with E-state index in [1.54, 1.807) is 0 Å². The zero-order valence-electron chi connectivity index (χ0n) is 9.37. The number of aliphatic hydroxyl groups is 1. The van der Waals surface area contributed by atoms with E-state index in [0.29, 0.717) is 18.4 Å². The van der Waals surface area contributed by atoms with Gasteiger partial charge in [0.25, 0.3) is 0 Å². The summed E-state index contributed by atoms with van der Waals surface area (Å²) in [5.41, 5.74) is 0. The molecule has 15 heavy (non-hydrogen) atoms. The smallest absolute Gasteiger partial charge is 0.407 e. The molecule has 1 amide bonds. The molecule has 0 saturated heterocycles. The second-order valence-corrected chi connectivity index (χ2v) is 4.26. The van der Waals surface area contributed by atoms with Gasteiger partial charge >= 0.3 is 6.09 Å². The fraction of sp³-hybridized carbons (Fsp3) is 0.909. The number of hydrogen-bond acceptors (Lipinski definition) is 3. The monoisotopic (exact) mass is 215 g/mol. The first kappa shape index (κ1) is 12.3. The lowest BCUT2D eigenvalue weighted by Gasteiger charge is -2.28. The summed E-state index contributed by atoms with van der Waals surface area (Å²) in [6.45, 7) is 2.90. The molecule has 2 N–H and O–H groups in total. The molecule has 2 atom stereocenters. The molecule has 0 spiro atoms. The maximum atomic E-state index is 11.1. The van der Waals surface area contributed by atoms with Gasteiger partial charge in [-0.25, -0.2) is 4.79 Å². The summed E-state index contributed by atoms with van der Waals surface area (Å²) in [6, 6.07) is 0. The Morgan fingerprint density at radius 1 is 1.47 bits per heavy atom. The fourth-order valence-electron chi connectivity index (χ4n) is 2.10. The molecule has 1 fully saturated rings. The van der Waals surface area contributed by atoms with Crippen LogP contribution in [0.3, 0.4) is 0 Å². The number of ether oxygens (including phenoxy) is 1. The Morgan fingerprint density at radius 2 is 2.20 bits per heavy atom. The fourth-order valence-corrected chi connectivity index (χ4v) is 2.10. The third-order valence-corrected chi connectivity index (χ3v) is 3.12. The summed E-state index contributed by atoms with van der Waals surface area (Å²) in [5, 5.41) is 11.2. The predicted molar refractivity (Wildman–Crippen MR) is 57.6 cm³/mol. The second kappa shape index (κ2) is 6.67. The van der Waals surface area contributed by atoms with Crippen LogP contribution in [0.1, 0.15) is 32.6 Å². The Kier molecular flexibility index (Phi) is 5.47. The molecule has 0 aromatic carbocycles. The molecule has 4 heteroatoms. The molecule has 1 aliphatic rings. The van der Waals surface area contributed by atoms with Crippen molar-refractivity contribution in [3.63, 3.8) is 0 Å². The van der Waals surface area contributed by atoms with Crippen LogP contribution in [0.5, 0.6) is 0 Å². The van der Waals surface area contributed by atoms with E-state index in [2.05, 4.69) is 12.2 Å². The van der Waals surface area contributed by atoms with Crippen LogP contribution in [0.15, 0.2) is 0 Å². The average Bonchev–Trinajstić information content (AvgIpc) is 2.25. The van der Waals surface area contributed by atoms with Crippen molar-refractivity contribution in [2.75, 3.05) is 19.8 Å². The van der Waals surface area contributed by atoms with Gasteiger partial charge < -0.3 is 15.2 Å². The molecule has 2 unspecified atom stereocenters. The Bertz CT molecular complexity index is 196. The van der Waals surface area contributed by atoms with Gasteiger partial charge in [0.15, 0.2) is 0 Å². The molecule has 88 valence electrons. The Morgan fingerprint density at radius 3 is 2.87 bits per heavy atom. The van der Waals surface area contributed by atoms with Gasteiger partial charge in [-0.3, -0.25) is 0 Å². The van der Waals surface area contributed by atoms with Gasteiger partial charge in [-0.2, -0.15) is 0 Å². The summed E-state index contributed by atoms with van der Waals surface area (Å²) in [7, 11) is 0. The number of aliphatic hydroxyl groups excluding tert-OH is 1. The standard InChI is InChI=1S/C11H21NO3/c1-9-4-2-3-5-10(9)8-12-11(14)15-7-6-13/h9-10,13H,2-8H2,1H3,(H,12,14). The highest BCUT2D eigenvalue weighted by atomic mass is 16.6. The van der Waals surface area contributed by atoms with E-state index in [4.69, 9.17) is 9.84 Å². The summed E-state index contributed by atoms with van der Waals surface area (Å²) in [4.78, 5) is 11.1. The topological polar surface area (TPSA) is 58.6 Å². The van der Waals surface area contributed by atoms with Crippen LogP contribution in [0.2, 0.25) is 0 Å². The third-order valence-electron chi connectivity index (χ3n) is 3.12. The number of carbonyl (C=O) groups excluding carboxylic acids is 1. The molecule has 0 heterocycles. The predicted octanol–water partition coefficient (Wildman–Crippen LogP) is 1.53. The minimum absolute atomic E-state index is 0.0754. The Labute approximate surface area is 91.0 Å². The van der Waals surface area contributed by atoms with E-state index in [0.717, 1.165) is 0 Å². The van der Waals surface area contributed by atoms with Gasteiger partial charge in [-0.05, 0) is 18.3 Å². The number of nitrogens with one attached hydrogen (secondary N) is 1. The number of amides is 1. The first-order valence-electron chi connectivity index (χ1n) is 5.75. The van der Waals surface area contributed by atoms with Crippen LogP contribution in [0.25, 0.3) is 0 Å². The summed E-state index contributed by atoms with van der Waals surface area (Å²) >= 11 is 0. The third kappa shape index (κ3) is 4.51. The number of rotatable bonds is 4. The molecule has 0 aromatic heterocycles. The Hall–Kier alpha value is -0.770. The van der Waals surface area contributed by atoms with E-state index >= 15 is 0 Å². The molecule has 4 nitrogen and oxygen atoms in total. The normalized spacial score (nSPS) is 26.0. The van der Waals surface area contributed by atoms with Crippen molar-refractivity contribution < 1.29 is 14.6 Å². The van der Waals surface area contributed by atoms with E-state index in [-0.39, 0.29) is 13.2 Å². The maximum Gasteiger partial charge on any atom is 0.407 e. The summed E-state index contributed by atoms with van der Waals surface area (Å²) in [5.74, 6) is 1.28. The van der Waals surface area contributed by atoms with Gasteiger partial charge in [0, 0.05) is 6.54 Å². The first-order valence-corrected chi connectivity index (χ1v) is 5.75. The largest absolute Gasteiger partial charge is 0.447 e. The molecule has 0 radical (unpaired) electrons. The van der Waals surface area contributed by atoms with Crippen molar-refractivity contribution >= 4 is 6.09 Å². The van der Waals surface area contributed by atoms with Crippen LogP contribution in [0, 0.1) is 11.8 Å². The van der Waals surface area contributed by atoms with Crippen molar-refractivity contribution in [1.29, 1.82) is 0 Å². The van der Waals surface area contributed by atoms with Crippen molar-refractivity contribution in [1.82, 2.24) is 5.32 Å². The minimum Gasteiger partial charge on any atom is -0.447 e. The number of hydrogen-bond donors (Lipinski definition) is 2. The minimum atomic E-state index is -0.415. The maximum absolute atomic E-state index is 11.1. The van der Waals surface area contributed by atoms with Crippen LogP contribution < -0.4 is 5.32 Å². The van der Waals surface area contributed by atoms with E-state index in [1.807, 2.05) is 0 Å². The lowest BCUT2D eigenvalue weighted by atomic mass is 9.80. The summed E-state index contributed by atoms with van der Waals surface area (Å²) in [6.07, 6.45) is 4.62. The van der Waals surface area contributed by atoms with Crippen LogP contribution >= 0.6 is 0 Å². The first-order chi connectivity index (χ1) is 7.24. The average molecular weight is 215 g/mol. The van der Waals surface area contributed by atoms with Crippen molar-refractivity contribution in [3.05, 3.63) is 0 Å². The molecule has 0 aromatic rings. The molecule has 1 aliphatic carbocycles. The van der Waals surface area contributed by atoms with Gasteiger partial charge in [0.05, 0.1) is 6.61 Å². The van der Waals surface area contributed by atoms with Crippen LogP contribution in [0.4, 0.5) is 4.79 Å². The van der Waals surface area contributed by atoms with E-state index < -0.39 is 6.09 Å². The van der Waals surface area contributed by atoms with E-state index in [9.17, 15) is 4.79 Å². The van der Waals surface area contributed by atoms with Crippen LogP contribution in [-0.4, -0.2) is 31.0 Å². The molecule has 0 aliphatic heterocycles. The SMILES string of the molecule is CC1CCCCC1CNC(=O)OCCO. The molecule has 1 saturated carbocycles. The quantitative estimate of drug-likeness (QED) is 0.747. The van der Waals surface area contributed by atoms with Gasteiger partial charge in [-0.1, -0.05) is 26.2 Å². The second-order valence-electron chi connectivity index (χ2n) is 4.26. The van der Waals surface area contributed by atoms with Gasteiger partial charge in [0.1, 0.15) is 6.61 Å². The zero-order valence-corrected chi connectivity index (χ0v) is 9.37. The molecular weight excluding hydrogens is 194 g/mol. The van der Waals surface area contributed by atoms with Gasteiger partial charge in [-0.15, -0.1) is 0 Å². The lowest BCUT2D eigenvalue weighted by molar-refractivity contribution is 0.115. The van der Waals surface area contributed by atoms with Crippen molar-refractivity contribution in [3.8, 4) is 0 Å². The lowest BCUT2D eigenvalue weighted by Crippen LogP contribution is -2.34. The number of carbonyl (C=O) groups is 1. The molecule has 1 rings (SSSR count). The Balaban J connectivity index is 2.14.